The molecule has 2 aromatic carbocycles. The fourth-order valence-corrected chi connectivity index (χ4v) is 3.52. The second kappa shape index (κ2) is 11.3. The van der Waals surface area contributed by atoms with Gasteiger partial charge in [0.1, 0.15) is 11.9 Å². The van der Waals surface area contributed by atoms with E-state index in [9.17, 15) is 23.9 Å². The molecule has 0 fully saturated rings. The van der Waals surface area contributed by atoms with E-state index >= 15 is 0 Å². The summed E-state index contributed by atoms with van der Waals surface area (Å²) in [5.41, 5.74) is 6.98. The van der Waals surface area contributed by atoms with Crippen LogP contribution < -0.4 is 16.4 Å². The maximum absolute atomic E-state index is 14.2. The fourth-order valence-electron chi connectivity index (χ4n) is 3.35. The number of carbonyl (C=O) groups is 3. The van der Waals surface area contributed by atoms with E-state index in [4.69, 9.17) is 17.3 Å². The van der Waals surface area contributed by atoms with Gasteiger partial charge in [-0.05, 0) is 42.2 Å². The van der Waals surface area contributed by atoms with Gasteiger partial charge in [-0.2, -0.15) is 15.4 Å². The summed E-state index contributed by atoms with van der Waals surface area (Å²) in [5, 5.41) is 24.6. The topological polar surface area (TPSA) is 163 Å². The van der Waals surface area contributed by atoms with Gasteiger partial charge in [0.05, 0.1) is 12.7 Å². The van der Waals surface area contributed by atoms with Crippen molar-refractivity contribution in [1.29, 1.82) is 0 Å². The van der Waals surface area contributed by atoms with Crippen LogP contribution in [-0.4, -0.2) is 56.9 Å². The molecule has 10 nitrogen and oxygen atoms in total. The Kier molecular flexibility index (Phi) is 8.28. The van der Waals surface area contributed by atoms with Gasteiger partial charge in [0, 0.05) is 16.6 Å². The molecule has 1 aromatic heterocycles. The molecule has 178 valence electrons. The van der Waals surface area contributed by atoms with Crippen LogP contribution in [0.15, 0.2) is 48.7 Å². The molecule has 0 saturated carbocycles. The molecule has 0 spiro atoms. The number of carboxylic acid groups (broad SMARTS) is 1. The van der Waals surface area contributed by atoms with Crippen molar-refractivity contribution in [1.82, 2.24) is 26.0 Å². The van der Waals surface area contributed by atoms with Crippen LogP contribution in [0.1, 0.15) is 22.5 Å². The lowest BCUT2D eigenvalue weighted by atomic mass is 9.96. The van der Waals surface area contributed by atoms with Crippen molar-refractivity contribution in [3.63, 3.8) is 0 Å². The van der Waals surface area contributed by atoms with Gasteiger partial charge in [-0.15, -0.1) is 0 Å². The lowest BCUT2D eigenvalue weighted by molar-refractivity contribution is -0.142. The Hall–Kier alpha value is -3.83. The highest BCUT2D eigenvalue weighted by Gasteiger charge is 2.26. The van der Waals surface area contributed by atoms with Crippen LogP contribution in [0.5, 0.6) is 0 Å². The average Bonchev–Trinajstić information content (AvgIpc) is 3.36. The third-order valence-electron chi connectivity index (χ3n) is 5.00. The van der Waals surface area contributed by atoms with Crippen molar-refractivity contribution in [2.45, 2.75) is 24.9 Å². The number of hydrogen-bond acceptors (Lipinski definition) is 6. The molecule has 2 unspecified atom stereocenters. The minimum Gasteiger partial charge on any atom is -0.480 e. The van der Waals surface area contributed by atoms with Crippen molar-refractivity contribution in [3.05, 3.63) is 70.8 Å². The van der Waals surface area contributed by atoms with Gasteiger partial charge in [0.15, 0.2) is 5.69 Å². The Morgan fingerprint density at radius 1 is 1.15 bits per heavy atom. The zero-order valence-electron chi connectivity index (χ0n) is 17.8. The van der Waals surface area contributed by atoms with E-state index in [1.807, 2.05) is 0 Å². The maximum atomic E-state index is 14.2. The monoisotopic (exact) mass is 488 g/mol. The first-order chi connectivity index (χ1) is 16.3. The van der Waals surface area contributed by atoms with E-state index in [0.717, 1.165) is 5.56 Å². The summed E-state index contributed by atoms with van der Waals surface area (Å²) >= 11 is 5.97. The van der Waals surface area contributed by atoms with E-state index in [0.29, 0.717) is 16.1 Å². The Labute approximate surface area is 198 Å². The summed E-state index contributed by atoms with van der Waals surface area (Å²) in [6.07, 6.45) is 1.34. The number of aromatic amines is 1. The molecule has 0 bridgehead atoms. The van der Waals surface area contributed by atoms with E-state index < -0.39 is 35.7 Å². The number of aromatic nitrogens is 3. The Morgan fingerprint density at radius 3 is 2.50 bits per heavy atom. The summed E-state index contributed by atoms with van der Waals surface area (Å²) < 4.78 is 14.2. The first-order valence-corrected chi connectivity index (χ1v) is 10.6. The second-order valence-corrected chi connectivity index (χ2v) is 7.89. The number of nitrogens with two attached hydrogens (primary N) is 1. The molecule has 3 aromatic rings. The van der Waals surface area contributed by atoms with Crippen molar-refractivity contribution < 1.29 is 23.9 Å². The predicted octanol–water partition coefficient (Wildman–Crippen LogP) is 1.52. The van der Waals surface area contributed by atoms with Gasteiger partial charge in [-0.1, -0.05) is 35.9 Å². The summed E-state index contributed by atoms with van der Waals surface area (Å²) in [6, 6.07) is 9.15. The third-order valence-corrected chi connectivity index (χ3v) is 5.23. The molecule has 12 heteroatoms. The normalized spacial score (nSPS) is 12.6. The number of H-pyrrole nitrogens is 1. The minimum absolute atomic E-state index is 0.0228. The van der Waals surface area contributed by atoms with Crippen LogP contribution in [0.3, 0.4) is 0 Å². The number of benzene rings is 2. The van der Waals surface area contributed by atoms with Gasteiger partial charge in [0.2, 0.25) is 5.91 Å². The smallest absolute Gasteiger partial charge is 0.326 e. The Morgan fingerprint density at radius 2 is 1.88 bits per heavy atom. The molecule has 6 N–H and O–H groups in total. The molecule has 2 atom stereocenters. The molecule has 34 heavy (non-hydrogen) atoms. The highest BCUT2D eigenvalue weighted by atomic mass is 35.5. The molecule has 2 amide bonds. The van der Waals surface area contributed by atoms with Gasteiger partial charge in [-0.3, -0.25) is 9.59 Å². The average molecular weight is 489 g/mol. The molecule has 0 saturated heterocycles. The van der Waals surface area contributed by atoms with Gasteiger partial charge in [0.25, 0.3) is 5.91 Å². The number of halogens is 2. The molecule has 0 aliphatic rings. The molecule has 1 heterocycles. The van der Waals surface area contributed by atoms with Crippen LogP contribution in [0.25, 0.3) is 11.1 Å². The quantitative estimate of drug-likeness (QED) is 0.289. The van der Waals surface area contributed by atoms with Crippen molar-refractivity contribution in [3.8, 4) is 11.1 Å². The zero-order chi connectivity index (χ0) is 24.7. The largest absolute Gasteiger partial charge is 0.480 e. The van der Waals surface area contributed by atoms with E-state index in [-0.39, 0.29) is 25.1 Å². The maximum Gasteiger partial charge on any atom is 0.326 e. The third kappa shape index (κ3) is 6.59. The molecule has 0 aliphatic carbocycles. The van der Waals surface area contributed by atoms with Crippen LogP contribution in [0, 0.1) is 5.82 Å². The lowest BCUT2D eigenvalue weighted by Crippen LogP contribution is -2.48. The number of amides is 2. The number of nitrogens with zero attached hydrogens (tertiary/aromatic N) is 2. The highest BCUT2D eigenvalue weighted by molar-refractivity contribution is 6.30. The number of carboxylic acids is 1. The van der Waals surface area contributed by atoms with E-state index in [1.165, 1.54) is 24.4 Å². The fraction of sp³-hybridized carbons (Fsp3) is 0.227. The van der Waals surface area contributed by atoms with Crippen LogP contribution in [0.2, 0.25) is 5.02 Å². The van der Waals surface area contributed by atoms with Gasteiger partial charge < -0.3 is 21.5 Å². The van der Waals surface area contributed by atoms with Crippen LogP contribution >= 0.6 is 11.6 Å². The standard InChI is InChI=1S/C22H22ClFN6O4/c23-14-5-6-17(24)16(8-14)13-3-1-12(2-4-13)7-15(27-21(32)19-11-26-30-29-19)9-18(22(33)34)28-20(31)10-25/h1-6,8,11,15,18H,7,9-10,25H2,(H,27,32)(H,28,31)(H,33,34)(H,26,29,30). The number of hydrogen-bond donors (Lipinski definition) is 5. The van der Waals surface area contributed by atoms with Crippen molar-refractivity contribution >= 4 is 29.4 Å². The van der Waals surface area contributed by atoms with Gasteiger partial charge >= 0.3 is 5.97 Å². The minimum atomic E-state index is -1.28. The molecular weight excluding hydrogens is 467 g/mol. The lowest BCUT2D eigenvalue weighted by Gasteiger charge is -2.23. The molecule has 0 aliphatic heterocycles. The first-order valence-electron chi connectivity index (χ1n) is 10.2. The van der Waals surface area contributed by atoms with Gasteiger partial charge in [-0.25, -0.2) is 9.18 Å². The number of rotatable bonds is 10. The van der Waals surface area contributed by atoms with E-state index in [1.54, 1.807) is 24.3 Å². The summed E-state index contributed by atoms with van der Waals surface area (Å²) in [5.74, 6) is -2.89. The Bertz CT molecular complexity index is 1160. The SMILES string of the molecule is NCC(=O)NC(CC(Cc1ccc(-c2cc(Cl)ccc2F)cc1)NC(=O)c1cn[nH]n1)C(=O)O. The van der Waals surface area contributed by atoms with Crippen molar-refractivity contribution in [2.75, 3.05) is 6.54 Å². The highest BCUT2D eigenvalue weighted by Crippen LogP contribution is 2.26. The molecule has 0 radical (unpaired) electrons. The summed E-state index contributed by atoms with van der Waals surface area (Å²) in [6.45, 7) is -0.374. The predicted molar refractivity (Wildman–Crippen MR) is 121 cm³/mol. The first kappa shape index (κ1) is 24.8. The van der Waals surface area contributed by atoms with Crippen LogP contribution in [0.4, 0.5) is 4.39 Å². The second-order valence-electron chi connectivity index (χ2n) is 7.45. The number of carbonyl (C=O) groups excluding carboxylic acids is 2. The zero-order valence-corrected chi connectivity index (χ0v) is 18.6. The number of nitrogens with one attached hydrogen (secondary N) is 3. The molecular formula is C22H22ClFN6O4. The Balaban J connectivity index is 1.80. The van der Waals surface area contributed by atoms with Crippen molar-refractivity contribution in [2.24, 2.45) is 5.73 Å². The van der Waals surface area contributed by atoms with E-state index in [2.05, 4.69) is 26.0 Å². The number of aliphatic carboxylic acids is 1. The van der Waals surface area contributed by atoms with Crippen LogP contribution in [-0.2, 0) is 16.0 Å². The molecule has 3 rings (SSSR count). The summed E-state index contributed by atoms with van der Waals surface area (Å²) in [7, 11) is 0. The summed E-state index contributed by atoms with van der Waals surface area (Å²) in [4.78, 5) is 35.8.